The quantitative estimate of drug-likeness (QED) is 0.566. The van der Waals surface area contributed by atoms with Crippen molar-refractivity contribution in [1.29, 1.82) is 0 Å². The molecule has 1 unspecified atom stereocenters. The van der Waals surface area contributed by atoms with Crippen LogP contribution >= 0.6 is 0 Å². The van der Waals surface area contributed by atoms with Crippen LogP contribution in [0.5, 0.6) is 0 Å². The average Bonchev–Trinajstić information content (AvgIpc) is 1.85. The van der Waals surface area contributed by atoms with Gasteiger partial charge in [-0.05, 0) is 30.6 Å². The second-order valence-electron chi connectivity index (χ2n) is 4.77. The molecule has 0 aliphatic heterocycles. The molecule has 0 saturated heterocycles. The molecule has 0 radical (unpaired) electrons. The summed E-state index contributed by atoms with van der Waals surface area (Å²) in [5, 5.41) is 0. The van der Waals surface area contributed by atoms with E-state index in [0.29, 0.717) is 0 Å². The number of hydrogen-bond acceptors (Lipinski definition) is 0. The van der Waals surface area contributed by atoms with Gasteiger partial charge in [0.2, 0.25) is 0 Å². The van der Waals surface area contributed by atoms with Crippen molar-refractivity contribution in [3.63, 3.8) is 0 Å². The van der Waals surface area contributed by atoms with E-state index in [4.69, 9.17) is 0 Å². The van der Waals surface area contributed by atoms with Gasteiger partial charge in [0.25, 0.3) is 0 Å². The van der Waals surface area contributed by atoms with Gasteiger partial charge in [-0.3, -0.25) is 0 Å². The molecule has 1 aliphatic rings. The molecule has 11 heavy (non-hydrogen) atoms. The molecule has 0 heterocycles. The van der Waals surface area contributed by atoms with Crippen molar-refractivity contribution < 1.29 is 0 Å². The monoisotopic (exact) mass is 154 g/mol. The molecule has 0 heteroatoms. The van der Waals surface area contributed by atoms with E-state index in [2.05, 4.69) is 20.8 Å². The molecule has 66 valence electrons. The predicted molar refractivity (Wildman–Crippen MR) is 50.6 cm³/mol. The largest absolute Gasteiger partial charge is 0.0628 e. The van der Waals surface area contributed by atoms with Crippen LogP contribution in [-0.4, -0.2) is 0 Å². The van der Waals surface area contributed by atoms with E-state index in [-0.39, 0.29) is 0 Å². The predicted octanol–water partition coefficient (Wildman–Crippen LogP) is 3.86. The summed E-state index contributed by atoms with van der Waals surface area (Å²) < 4.78 is 0. The highest BCUT2D eigenvalue weighted by molar-refractivity contribution is 4.71. The van der Waals surface area contributed by atoms with Crippen molar-refractivity contribution in [2.24, 2.45) is 17.8 Å². The molecule has 0 aromatic heterocycles. The molecule has 1 saturated carbocycles. The molecule has 0 spiro atoms. The first-order valence-electron chi connectivity index (χ1n) is 5.18. The van der Waals surface area contributed by atoms with Gasteiger partial charge in [0.1, 0.15) is 0 Å². The smallest absolute Gasteiger partial charge is 0.0409 e. The van der Waals surface area contributed by atoms with Crippen LogP contribution in [0.15, 0.2) is 0 Å². The summed E-state index contributed by atoms with van der Waals surface area (Å²) in [4.78, 5) is 0. The molecular formula is C11H22. The standard InChI is InChI=1S/C11H22/c1-9(2)7-11-6-4-5-10(3)8-11/h9-11H,4-8H2,1-3H3/t10?,11-/m1/s1. The fraction of sp³-hybridized carbons (Fsp3) is 1.00. The van der Waals surface area contributed by atoms with Crippen LogP contribution in [0.1, 0.15) is 52.9 Å². The van der Waals surface area contributed by atoms with E-state index >= 15 is 0 Å². The first-order valence-corrected chi connectivity index (χ1v) is 5.18. The molecule has 0 N–H and O–H groups in total. The Morgan fingerprint density at radius 3 is 2.55 bits per heavy atom. The third-order valence-electron chi connectivity index (χ3n) is 2.85. The van der Waals surface area contributed by atoms with Crippen LogP contribution in [-0.2, 0) is 0 Å². The van der Waals surface area contributed by atoms with Gasteiger partial charge in [-0.25, -0.2) is 0 Å². The lowest BCUT2D eigenvalue weighted by molar-refractivity contribution is 0.248. The zero-order chi connectivity index (χ0) is 8.27. The first-order chi connectivity index (χ1) is 5.18. The van der Waals surface area contributed by atoms with E-state index < -0.39 is 0 Å². The Labute approximate surface area is 71.4 Å². The van der Waals surface area contributed by atoms with Crippen molar-refractivity contribution in [3.05, 3.63) is 0 Å². The van der Waals surface area contributed by atoms with Gasteiger partial charge < -0.3 is 0 Å². The highest BCUT2D eigenvalue weighted by Crippen LogP contribution is 2.32. The Balaban J connectivity index is 2.23. The molecule has 0 amide bonds. The van der Waals surface area contributed by atoms with Gasteiger partial charge in [-0.1, -0.05) is 40.0 Å². The summed E-state index contributed by atoms with van der Waals surface area (Å²) in [6, 6.07) is 0. The molecule has 0 aromatic rings. The Kier molecular flexibility index (Phi) is 3.42. The van der Waals surface area contributed by atoms with Crippen LogP contribution < -0.4 is 0 Å². The minimum atomic E-state index is 0.908. The van der Waals surface area contributed by atoms with Crippen molar-refractivity contribution in [2.45, 2.75) is 52.9 Å². The first kappa shape index (κ1) is 9.09. The van der Waals surface area contributed by atoms with Crippen LogP contribution in [0.3, 0.4) is 0 Å². The fourth-order valence-corrected chi connectivity index (χ4v) is 2.44. The fourth-order valence-electron chi connectivity index (χ4n) is 2.44. The number of hydrogen-bond donors (Lipinski definition) is 0. The Hall–Kier alpha value is 0. The summed E-state index contributed by atoms with van der Waals surface area (Å²) in [6.07, 6.45) is 7.43. The maximum absolute atomic E-state index is 2.41. The molecule has 2 atom stereocenters. The Morgan fingerprint density at radius 1 is 1.27 bits per heavy atom. The lowest BCUT2D eigenvalue weighted by atomic mass is 9.79. The highest BCUT2D eigenvalue weighted by atomic mass is 14.2. The third-order valence-corrected chi connectivity index (χ3v) is 2.85. The van der Waals surface area contributed by atoms with Gasteiger partial charge in [0.05, 0.1) is 0 Å². The van der Waals surface area contributed by atoms with E-state index in [1.165, 1.54) is 32.1 Å². The van der Waals surface area contributed by atoms with Crippen LogP contribution in [0.4, 0.5) is 0 Å². The lowest BCUT2D eigenvalue weighted by Gasteiger charge is -2.27. The van der Waals surface area contributed by atoms with Gasteiger partial charge in [-0.15, -0.1) is 0 Å². The normalized spacial score (nSPS) is 32.7. The second kappa shape index (κ2) is 4.13. The topological polar surface area (TPSA) is 0 Å². The second-order valence-corrected chi connectivity index (χ2v) is 4.77. The molecule has 0 nitrogen and oxygen atoms in total. The zero-order valence-corrected chi connectivity index (χ0v) is 8.27. The Bertz CT molecular complexity index is 103. The maximum Gasteiger partial charge on any atom is -0.0409 e. The summed E-state index contributed by atoms with van der Waals surface area (Å²) in [5.41, 5.74) is 0. The molecule has 1 fully saturated rings. The Morgan fingerprint density at radius 2 is 2.00 bits per heavy atom. The van der Waals surface area contributed by atoms with Crippen LogP contribution in [0.2, 0.25) is 0 Å². The van der Waals surface area contributed by atoms with Gasteiger partial charge >= 0.3 is 0 Å². The van der Waals surface area contributed by atoms with Gasteiger partial charge in [0, 0.05) is 0 Å². The molecule has 0 bridgehead atoms. The third kappa shape index (κ3) is 3.27. The van der Waals surface area contributed by atoms with Crippen LogP contribution in [0.25, 0.3) is 0 Å². The summed E-state index contributed by atoms with van der Waals surface area (Å²) in [6.45, 7) is 7.10. The lowest BCUT2D eigenvalue weighted by Crippen LogP contribution is -2.14. The molecule has 1 rings (SSSR count). The van der Waals surface area contributed by atoms with E-state index in [1.807, 2.05) is 0 Å². The maximum atomic E-state index is 2.41. The zero-order valence-electron chi connectivity index (χ0n) is 8.27. The summed E-state index contributed by atoms with van der Waals surface area (Å²) >= 11 is 0. The van der Waals surface area contributed by atoms with Gasteiger partial charge in [-0.2, -0.15) is 0 Å². The minimum absolute atomic E-state index is 0.908. The van der Waals surface area contributed by atoms with Crippen molar-refractivity contribution in [3.8, 4) is 0 Å². The summed E-state index contributed by atoms with van der Waals surface area (Å²) in [5.74, 6) is 2.97. The van der Waals surface area contributed by atoms with E-state index in [9.17, 15) is 0 Å². The van der Waals surface area contributed by atoms with Crippen molar-refractivity contribution >= 4 is 0 Å². The molecule has 0 aromatic carbocycles. The van der Waals surface area contributed by atoms with Crippen molar-refractivity contribution in [1.82, 2.24) is 0 Å². The van der Waals surface area contributed by atoms with Crippen LogP contribution in [0, 0.1) is 17.8 Å². The van der Waals surface area contributed by atoms with Gasteiger partial charge in [0.15, 0.2) is 0 Å². The number of rotatable bonds is 2. The van der Waals surface area contributed by atoms with E-state index in [1.54, 1.807) is 0 Å². The van der Waals surface area contributed by atoms with Crippen molar-refractivity contribution in [2.75, 3.05) is 0 Å². The SMILES string of the molecule is CC(C)C[C@H]1CCCC(C)C1. The van der Waals surface area contributed by atoms with E-state index in [0.717, 1.165) is 17.8 Å². The molecular weight excluding hydrogens is 132 g/mol. The average molecular weight is 154 g/mol. The summed E-state index contributed by atoms with van der Waals surface area (Å²) in [7, 11) is 0. The molecule has 1 aliphatic carbocycles. The highest BCUT2D eigenvalue weighted by Gasteiger charge is 2.19. The minimum Gasteiger partial charge on any atom is -0.0628 e.